The number of thioether (sulfide) groups is 1. The maximum atomic E-state index is 13.8. The van der Waals surface area contributed by atoms with E-state index in [4.69, 9.17) is 0 Å². The lowest BCUT2D eigenvalue weighted by Crippen LogP contribution is -2.22. The maximum Gasteiger partial charge on any atom is 0.266 e. The number of nitrogens with one attached hydrogen (secondary N) is 1. The Morgan fingerprint density at radius 2 is 1.58 bits per heavy atom. The van der Waals surface area contributed by atoms with Crippen LogP contribution in [0.5, 0.6) is 0 Å². The Morgan fingerprint density at radius 3 is 2.27 bits per heavy atom. The maximum absolute atomic E-state index is 13.8. The third-order valence-corrected chi connectivity index (χ3v) is 5.64. The van der Waals surface area contributed by atoms with Crippen LogP contribution in [0, 0.1) is 23.3 Å². The van der Waals surface area contributed by atoms with Gasteiger partial charge in [0, 0.05) is 18.2 Å². The molecule has 1 amide bonds. The zero-order valence-electron chi connectivity index (χ0n) is 16.8. The number of carbonyl (C=O) groups is 1. The van der Waals surface area contributed by atoms with Crippen molar-refractivity contribution in [2.75, 3.05) is 11.1 Å². The third kappa shape index (κ3) is 4.61. The molecule has 0 spiro atoms. The molecule has 0 atom stereocenters. The van der Waals surface area contributed by atoms with E-state index in [9.17, 15) is 27.2 Å². The molecule has 168 valence electrons. The fourth-order valence-corrected chi connectivity index (χ4v) is 4.08. The van der Waals surface area contributed by atoms with E-state index < -0.39 is 34.9 Å². The van der Waals surface area contributed by atoms with Crippen LogP contribution in [0.3, 0.4) is 0 Å². The first-order valence-corrected chi connectivity index (χ1v) is 10.7. The first kappa shape index (κ1) is 22.5. The molecular formula is C23H15F4N3O2S. The van der Waals surface area contributed by atoms with Gasteiger partial charge in [-0.25, -0.2) is 22.5 Å². The van der Waals surface area contributed by atoms with Crippen LogP contribution in [-0.4, -0.2) is 21.2 Å². The number of hydrogen-bond donors (Lipinski definition) is 1. The van der Waals surface area contributed by atoms with Gasteiger partial charge in [-0.2, -0.15) is 0 Å². The Hall–Kier alpha value is -3.66. The summed E-state index contributed by atoms with van der Waals surface area (Å²) in [4.78, 5) is 29.8. The Labute approximate surface area is 189 Å². The molecule has 0 radical (unpaired) electrons. The average Bonchev–Trinajstić information content (AvgIpc) is 2.81. The second-order valence-electron chi connectivity index (χ2n) is 6.88. The molecule has 0 unspecified atom stereocenters. The molecule has 10 heteroatoms. The van der Waals surface area contributed by atoms with Gasteiger partial charge in [0.25, 0.3) is 5.56 Å². The van der Waals surface area contributed by atoms with Crippen molar-refractivity contribution >= 4 is 34.3 Å². The molecule has 0 aliphatic rings. The van der Waals surface area contributed by atoms with Crippen LogP contribution in [-0.2, 0) is 4.79 Å². The molecule has 5 nitrogen and oxygen atoms in total. The lowest BCUT2D eigenvalue weighted by molar-refractivity contribution is -0.115. The standard InChI is InChI=1S/C23H15F4N3O2S/c24-15-12-16(25)20(27)21(19(15)26)29-18(31)10-11-33-23-28-17-9-5-4-8-14(17)22(32)30(23)13-6-2-1-3-7-13/h1-9,12H,10-11H2,(H,29,31). The van der Waals surface area contributed by atoms with Gasteiger partial charge in [-0.3, -0.25) is 14.2 Å². The fourth-order valence-electron chi connectivity index (χ4n) is 3.13. The molecule has 0 saturated heterocycles. The van der Waals surface area contributed by atoms with E-state index in [1.807, 2.05) is 5.32 Å². The molecule has 1 N–H and O–H groups in total. The highest BCUT2D eigenvalue weighted by Gasteiger charge is 2.21. The van der Waals surface area contributed by atoms with Gasteiger partial charge >= 0.3 is 0 Å². The van der Waals surface area contributed by atoms with E-state index in [1.54, 1.807) is 54.6 Å². The molecule has 0 fully saturated rings. The highest BCUT2D eigenvalue weighted by Crippen LogP contribution is 2.25. The summed E-state index contributed by atoms with van der Waals surface area (Å²) in [6.45, 7) is 0. The van der Waals surface area contributed by atoms with Crippen LogP contribution >= 0.6 is 11.8 Å². The van der Waals surface area contributed by atoms with Crippen LogP contribution in [0.1, 0.15) is 6.42 Å². The molecule has 4 aromatic rings. The number of benzene rings is 3. The summed E-state index contributed by atoms with van der Waals surface area (Å²) in [5.74, 6) is -7.41. The predicted molar refractivity (Wildman–Crippen MR) is 118 cm³/mol. The summed E-state index contributed by atoms with van der Waals surface area (Å²) in [6, 6.07) is 15.7. The molecule has 33 heavy (non-hydrogen) atoms. The number of nitrogens with zero attached hydrogens (tertiary/aromatic N) is 2. The number of rotatable bonds is 6. The third-order valence-electron chi connectivity index (χ3n) is 4.70. The predicted octanol–water partition coefficient (Wildman–Crippen LogP) is 5.06. The van der Waals surface area contributed by atoms with Gasteiger partial charge in [0.2, 0.25) is 5.91 Å². The van der Waals surface area contributed by atoms with Gasteiger partial charge in [-0.1, -0.05) is 42.1 Å². The summed E-state index contributed by atoms with van der Waals surface area (Å²) in [5, 5.41) is 2.59. The smallest absolute Gasteiger partial charge is 0.266 e. The van der Waals surface area contributed by atoms with Crippen LogP contribution < -0.4 is 10.9 Å². The lowest BCUT2D eigenvalue weighted by atomic mass is 10.2. The van der Waals surface area contributed by atoms with E-state index in [-0.39, 0.29) is 23.8 Å². The Bertz CT molecular complexity index is 1380. The molecule has 3 aromatic carbocycles. The number of aromatic nitrogens is 2. The van der Waals surface area contributed by atoms with E-state index in [1.165, 1.54) is 4.57 Å². The first-order chi connectivity index (χ1) is 15.9. The summed E-state index contributed by atoms with van der Waals surface area (Å²) in [5.41, 5.74) is -0.432. The second kappa shape index (κ2) is 9.45. The quantitative estimate of drug-likeness (QED) is 0.184. The first-order valence-electron chi connectivity index (χ1n) is 9.69. The van der Waals surface area contributed by atoms with Crippen molar-refractivity contribution in [1.29, 1.82) is 0 Å². The minimum absolute atomic E-state index is 0.0599. The fraction of sp³-hybridized carbons (Fsp3) is 0.0870. The van der Waals surface area contributed by atoms with E-state index in [0.29, 0.717) is 21.7 Å². The Morgan fingerprint density at radius 1 is 0.939 bits per heavy atom. The normalized spacial score (nSPS) is 11.0. The number of halogens is 4. The number of hydrogen-bond acceptors (Lipinski definition) is 4. The molecule has 4 rings (SSSR count). The van der Waals surface area contributed by atoms with Crippen molar-refractivity contribution in [3.8, 4) is 5.69 Å². The zero-order valence-corrected chi connectivity index (χ0v) is 17.6. The highest BCUT2D eigenvalue weighted by molar-refractivity contribution is 7.99. The number of amides is 1. The minimum Gasteiger partial charge on any atom is -0.321 e. The van der Waals surface area contributed by atoms with E-state index >= 15 is 0 Å². The molecule has 1 heterocycles. The van der Waals surface area contributed by atoms with Crippen molar-refractivity contribution in [2.45, 2.75) is 11.6 Å². The molecule has 0 saturated carbocycles. The van der Waals surface area contributed by atoms with Crippen molar-refractivity contribution in [1.82, 2.24) is 9.55 Å². The summed E-state index contributed by atoms with van der Waals surface area (Å²) < 4.78 is 55.6. The van der Waals surface area contributed by atoms with Gasteiger partial charge in [0.1, 0.15) is 5.69 Å². The van der Waals surface area contributed by atoms with Crippen LogP contribution in [0.25, 0.3) is 16.6 Å². The number of carbonyl (C=O) groups excluding carboxylic acids is 1. The van der Waals surface area contributed by atoms with Crippen LogP contribution in [0.2, 0.25) is 0 Å². The molecular weight excluding hydrogens is 458 g/mol. The van der Waals surface area contributed by atoms with Crippen molar-refractivity contribution in [3.63, 3.8) is 0 Å². The van der Waals surface area contributed by atoms with Crippen molar-refractivity contribution in [2.24, 2.45) is 0 Å². The SMILES string of the molecule is O=C(CCSc1nc2ccccc2c(=O)n1-c1ccccc1)Nc1c(F)c(F)cc(F)c1F. The number of para-hydroxylation sites is 2. The van der Waals surface area contributed by atoms with Crippen molar-refractivity contribution < 1.29 is 22.4 Å². The number of fused-ring (bicyclic) bond motifs is 1. The minimum atomic E-state index is -1.69. The second-order valence-corrected chi connectivity index (χ2v) is 7.94. The topological polar surface area (TPSA) is 64.0 Å². The summed E-state index contributed by atoms with van der Waals surface area (Å²) in [6.07, 6.45) is -0.265. The summed E-state index contributed by atoms with van der Waals surface area (Å²) >= 11 is 1.08. The molecule has 0 aliphatic heterocycles. The van der Waals surface area contributed by atoms with Gasteiger partial charge in [-0.05, 0) is 24.3 Å². The van der Waals surface area contributed by atoms with Crippen LogP contribution in [0.15, 0.2) is 70.6 Å². The molecule has 0 bridgehead atoms. The molecule has 0 aliphatic carbocycles. The van der Waals surface area contributed by atoms with E-state index in [2.05, 4.69) is 4.98 Å². The van der Waals surface area contributed by atoms with Gasteiger partial charge in [0.15, 0.2) is 28.4 Å². The largest absolute Gasteiger partial charge is 0.321 e. The number of anilines is 1. The monoisotopic (exact) mass is 473 g/mol. The van der Waals surface area contributed by atoms with Crippen molar-refractivity contribution in [3.05, 3.63) is 94.3 Å². The molecule has 1 aromatic heterocycles. The Kier molecular flexibility index (Phi) is 6.45. The average molecular weight is 473 g/mol. The Balaban J connectivity index is 1.57. The summed E-state index contributed by atoms with van der Waals surface area (Å²) in [7, 11) is 0. The zero-order chi connectivity index (χ0) is 23.5. The highest BCUT2D eigenvalue weighted by atomic mass is 32.2. The van der Waals surface area contributed by atoms with Crippen LogP contribution in [0.4, 0.5) is 23.2 Å². The van der Waals surface area contributed by atoms with E-state index in [0.717, 1.165) is 11.8 Å². The van der Waals surface area contributed by atoms with Gasteiger partial charge < -0.3 is 5.32 Å². The van der Waals surface area contributed by atoms with Gasteiger partial charge in [-0.15, -0.1) is 0 Å². The lowest BCUT2D eigenvalue weighted by Gasteiger charge is -2.13. The van der Waals surface area contributed by atoms with Gasteiger partial charge in [0.05, 0.1) is 16.6 Å².